The third-order valence-corrected chi connectivity index (χ3v) is 23.4. The van der Waals surface area contributed by atoms with Crippen molar-refractivity contribution in [3.05, 3.63) is 291 Å². The first kappa shape index (κ1) is 54.8. The van der Waals surface area contributed by atoms with Crippen LogP contribution in [0, 0.1) is 0 Å². The van der Waals surface area contributed by atoms with Gasteiger partial charge in [0.2, 0.25) is 0 Å². The summed E-state index contributed by atoms with van der Waals surface area (Å²) < 4.78 is 33.3. The smallest absolute Gasteiger partial charge is 0.307 e. The minimum Gasteiger partial charge on any atom is -0.423 e. The number of hydrogen-bond donors (Lipinski definition) is 0. The van der Waals surface area contributed by atoms with Gasteiger partial charge in [0.1, 0.15) is 16.6 Å². The van der Waals surface area contributed by atoms with Crippen LogP contribution in [0.5, 0.6) is 0 Å². The topological polar surface area (TPSA) is 92.9 Å². The summed E-state index contributed by atoms with van der Waals surface area (Å²) in [5, 5.41) is 22.7. The summed E-state index contributed by atoms with van der Waals surface area (Å²) in [6.45, 7) is 0. The van der Waals surface area contributed by atoms with Gasteiger partial charge in [0, 0.05) is 88.8 Å². The summed E-state index contributed by atoms with van der Waals surface area (Å²) in [4.78, 5) is 14.7. The summed E-state index contributed by atoms with van der Waals surface area (Å²) in [7, 11) is 0. The van der Waals surface area contributed by atoms with E-state index in [-0.39, 0.29) is 0 Å². The maximum absolute atomic E-state index is 6.32. The van der Waals surface area contributed by atoms with Crippen LogP contribution in [0.15, 0.2) is 304 Å². The van der Waals surface area contributed by atoms with Gasteiger partial charge in [0.15, 0.2) is 16.7 Å². The Bertz CT molecular complexity index is 7360. The van der Waals surface area contributed by atoms with Crippen LogP contribution in [0.4, 0.5) is 0 Å². The molecule has 0 radical (unpaired) electrons. The molecule has 24 rings (SSSR count). The van der Waals surface area contributed by atoms with E-state index < -0.39 is 0 Å². The first-order valence-corrected chi connectivity index (χ1v) is 35.4. The lowest BCUT2D eigenvalue weighted by molar-refractivity contribution is 0.574. The molecule has 0 aliphatic rings. The highest BCUT2D eigenvalue weighted by molar-refractivity contribution is 7.28. The fourth-order valence-corrected chi connectivity index (χ4v) is 19.5. The standard InChI is InChI=1S/3C29H16N2OS/c1-2-10-18-17(9-1)25-20-12-4-8-16-24(20)33-28(25)26-19-11-3-6-14-22(19)31(27(18)26)29-30-21-13-5-7-15-23(21)32-29;1-2-10-18-17(9-1)25-19-11-3-6-14-22(19)31(29-30-21-13-5-7-15-23(21)32-29)27(25)28-26(18)20-12-4-8-16-24(20)33-28;1-2-8-18-17(7-1)13-16-23-26(18)21-15-14-20-19-9-3-6-12-25(19)33-28(20)27(21)31(23)29-30-22-10-4-5-11-24(22)32-29/h3*1-16H. The molecule has 0 atom stereocenters. The Morgan fingerprint density at radius 2 is 0.616 bits per heavy atom. The zero-order valence-corrected chi connectivity index (χ0v) is 54.8. The molecule has 0 N–H and O–H groups in total. The summed E-state index contributed by atoms with van der Waals surface area (Å²) in [5.41, 5.74) is 11.8. The van der Waals surface area contributed by atoms with Gasteiger partial charge in [0.25, 0.3) is 0 Å². The number of nitrogens with zero attached hydrogens (tertiary/aromatic N) is 6. The molecular weight excluding hydrogens is 1270 g/mol. The molecule has 9 heterocycles. The van der Waals surface area contributed by atoms with Gasteiger partial charge in [-0.15, -0.1) is 34.0 Å². The van der Waals surface area contributed by atoms with Crippen molar-refractivity contribution in [3.63, 3.8) is 0 Å². The van der Waals surface area contributed by atoms with Gasteiger partial charge in [-0.1, -0.05) is 218 Å². The highest BCUT2D eigenvalue weighted by atomic mass is 32.1. The molecule has 0 saturated heterocycles. The number of benzene rings is 15. The van der Waals surface area contributed by atoms with Crippen molar-refractivity contribution in [3.8, 4) is 18.0 Å². The van der Waals surface area contributed by atoms with Crippen molar-refractivity contribution < 1.29 is 13.3 Å². The van der Waals surface area contributed by atoms with Gasteiger partial charge >= 0.3 is 18.0 Å². The summed E-state index contributed by atoms with van der Waals surface area (Å²) >= 11 is 5.55. The Morgan fingerprint density at radius 3 is 1.20 bits per heavy atom. The zero-order chi connectivity index (χ0) is 64.6. The van der Waals surface area contributed by atoms with E-state index in [4.69, 9.17) is 28.2 Å². The third kappa shape index (κ3) is 7.92. The monoisotopic (exact) mass is 1320 g/mol. The molecule has 0 amide bonds. The highest BCUT2D eigenvalue weighted by Gasteiger charge is 2.27. The molecule has 9 nitrogen and oxygen atoms in total. The first-order valence-electron chi connectivity index (χ1n) is 33.0. The van der Waals surface area contributed by atoms with Gasteiger partial charge in [-0.2, -0.15) is 15.0 Å². The molecule has 462 valence electrons. The Morgan fingerprint density at radius 1 is 0.222 bits per heavy atom. The van der Waals surface area contributed by atoms with E-state index >= 15 is 0 Å². The second-order valence-corrected chi connectivity index (χ2v) is 28.4. The molecule has 0 saturated carbocycles. The van der Waals surface area contributed by atoms with Gasteiger partial charge < -0.3 is 13.3 Å². The maximum atomic E-state index is 6.32. The average Bonchev–Trinajstić information content (AvgIpc) is 1.56. The van der Waals surface area contributed by atoms with Crippen LogP contribution >= 0.6 is 34.0 Å². The van der Waals surface area contributed by atoms with E-state index in [1.54, 1.807) is 0 Å². The van der Waals surface area contributed by atoms with Gasteiger partial charge in [-0.3, -0.25) is 13.7 Å². The van der Waals surface area contributed by atoms with Crippen LogP contribution in [0.25, 0.3) is 210 Å². The third-order valence-electron chi connectivity index (χ3n) is 19.9. The fraction of sp³-hybridized carbons (Fsp3) is 0. The number of aromatic nitrogens is 6. The van der Waals surface area contributed by atoms with Crippen LogP contribution in [0.2, 0.25) is 0 Å². The Kier molecular flexibility index (Phi) is 11.6. The Hall–Kier alpha value is -12.5. The number of hydrogen-bond acceptors (Lipinski definition) is 9. The van der Waals surface area contributed by atoms with Gasteiger partial charge in [-0.25, -0.2) is 0 Å². The number of para-hydroxylation sites is 8. The summed E-state index contributed by atoms with van der Waals surface area (Å²) in [6, 6.07) is 104. The van der Waals surface area contributed by atoms with E-state index in [9.17, 15) is 0 Å². The summed E-state index contributed by atoms with van der Waals surface area (Å²) in [6.07, 6.45) is 0. The van der Waals surface area contributed by atoms with Crippen molar-refractivity contribution in [2.45, 2.75) is 0 Å². The van der Waals surface area contributed by atoms with Crippen molar-refractivity contribution >= 4 is 226 Å². The van der Waals surface area contributed by atoms with Crippen LogP contribution in [0.1, 0.15) is 0 Å². The molecule has 0 aliphatic heterocycles. The molecule has 12 heteroatoms. The highest BCUT2D eigenvalue weighted by Crippen LogP contribution is 2.51. The summed E-state index contributed by atoms with van der Waals surface area (Å²) in [5.74, 6) is 0. The Balaban J connectivity index is 0.0000000949. The lowest BCUT2D eigenvalue weighted by atomic mass is 9.99. The minimum absolute atomic E-state index is 0.605. The molecule has 99 heavy (non-hydrogen) atoms. The second kappa shape index (κ2) is 21.0. The van der Waals surface area contributed by atoms with E-state index in [0.717, 1.165) is 66.4 Å². The second-order valence-electron chi connectivity index (χ2n) is 25.2. The fourth-order valence-electron chi connectivity index (χ4n) is 15.8. The molecule has 0 fully saturated rings. The lowest BCUT2D eigenvalue weighted by Gasteiger charge is -2.07. The van der Waals surface area contributed by atoms with Gasteiger partial charge in [-0.05, 0) is 99.7 Å². The number of oxazole rings is 3. The largest absolute Gasteiger partial charge is 0.423 e. The number of fused-ring (bicyclic) bond motifs is 32. The zero-order valence-electron chi connectivity index (χ0n) is 52.3. The first-order chi connectivity index (χ1) is 49.1. The molecule has 0 bridgehead atoms. The van der Waals surface area contributed by atoms with Crippen molar-refractivity contribution in [2.24, 2.45) is 0 Å². The molecule has 15 aromatic carbocycles. The van der Waals surface area contributed by atoms with Crippen LogP contribution < -0.4 is 0 Å². The van der Waals surface area contributed by atoms with E-state index in [1.807, 2.05) is 107 Å². The SMILES string of the molecule is c1ccc2c(c1)ccc1c2c2ccc3c4ccccc4sc3c2n1-c1nc2ccccc2o1.c1ccc2oc(-n3c4ccccc4c4c5ccccc5c5c6ccccc6sc5c43)nc2c1.c1ccc2oc(-n3c4ccccc4c4c5sc6ccccc6c5c5ccccc5c43)nc2c1. The number of thiophene rings is 3. The average molecular weight is 1320 g/mol. The van der Waals surface area contributed by atoms with E-state index in [2.05, 4.69) is 232 Å². The predicted molar refractivity (Wildman–Crippen MR) is 416 cm³/mol. The lowest BCUT2D eigenvalue weighted by Crippen LogP contribution is -1.94. The molecule has 0 aliphatic carbocycles. The molecular formula is C87H48N6O3S3. The molecule has 0 unspecified atom stereocenters. The quantitative estimate of drug-likeness (QED) is 0.175. The van der Waals surface area contributed by atoms with Gasteiger partial charge in [0.05, 0.1) is 42.5 Å². The normalized spacial score (nSPS) is 12.2. The predicted octanol–water partition coefficient (Wildman–Crippen LogP) is 25.3. The van der Waals surface area contributed by atoms with Crippen molar-refractivity contribution in [1.82, 2.24) is 28.7 Å². The maximum Gasteiger partial charge on any atom is 0.307 e. The number of rotatable bonds is 3. The molecule has 9 aromatic heterocycles. The van der Waals surface area contributed by atoms with Crippen LogP contribution in [-0.2, 0) is 0 Å². The van der Waals surface area contributed by atoms with Crippen LogP contribution in [-0.4, -0.2) is 28.7 Å². The van der Waals surface area contributed by atoms with E-state index in [1.165, 1.54) is 125 Å². The molecule has 24 aromatic rings. The molecule has 0 spiro atoms. The van der Waals surface area contributed by atoms with Crippen LogP contribution in [0.3, 0.4) is 0 Å². The minimum atomic E-state index is 0.605. The van der Waals surface area contributed by atoms with Crippen molar-refractivity contribution in [1.29, 1.82) is 0 Å². The Labute approximate surface area is 572 Å². The van der Waals surface area contributed by atoms with Crippen molar-refractivity contribution in [2.75, 3.05) is 0 Å². The van der Waals surface area contributed by atoms with E-state index in [0.29, 0.717) is 18.0 Å².